The number of Topliss-reactive ketones (excluding diaryl/α,β-unsaturated/α-hetero) is 1. The number of amides is 2. The Morgan fingerprint density at radius 1 is 1.00 bits per heavy atom. The third-order valence-electron chi connectivity index (χ3n) is 6.75. The minimum absolute atomic E-state index is 0.0694. The van der Waals surface area contributed by atoms with E-state index in [0.29, 0.717) is 28.8 Å². The lowest BCUT2D eigenvalue weighted by molar-refractivity contribution is -0.123. The molecule has 5 rings (SSSR count). The molecule has 29 heavy (non-hydrogen) atoms. The summed E-state index contributed by atoms with van der Waals surface area (Å²) >= 11 is 0. The third kappa shape index (κ3) is 2.96. The molecule has 2 amide bonds. The predicted octanol–water partition coefficient (Wildman–Crippen LogP) is 3.79. The van der Waals surface area contributed by atoms with Crippen LogP contribution in [0.5, 0.6) is 5.75 Å². The van der Waals surface area contributed by atoms with Gasteiger partial charge in [0.1, 0.15) is 5.75 Å². The first-order valence-electron chi connectivity index (χ1n) is 10.2. The molecule has 2 aromatic carbocycles. The lowest BCUT2D eigenvalue weighted by atomic mass is 9.81. The van der Waals surface area contributed by atoms with Gasteiger partial charge in [-0.2, -0.15) is 0 Å². The van der Waals surface area contributed by atoms with Crippen LogP contribution in [0.4, 0.5) is 5.69 Å². The van der Waals surface area contributed by atoms with E-state index in [1.54, 1.807) is 36.4 Å². The summed E-state index contributed by atoms with van der Waals surface area (Å²) in [6, 6.07) is 14.3. The van der Waals surface area contributed by atoms with Gasteiger partial charge in [-0.1, -0.05) is 35.9 Å². The summed E-state index contributed by atoms with van der Waals surface area (Å²) in [6.45, 7) is 1.88. The number of hydrogen-bond donors (Lipinski definition) is 0. The average Bonchev–Trinajstić information content (AvgIpc) is 3.41. The summed E-state index contributed by atoms with van der Waals surface area (Å²) in [6.07, 6.45) is 3.14. The van der Waals surface area contributed by atoms with E-state index >= 15 is 0 Å². The molecule has 0 aromatic heterocycles. The maximum absolute atomic E-state index is 13.0. The smallest absolute Gasteiger partial charge is 0.237 e. The van der Waals surface area contributed by atoms with Crippen molar-refractivity contribution < 1.29 is 19.1 Å². The van der Waals surface area contributed by atoms with E-state index in [9.17, 15) is 14.4 Å². The van der Waals surface area contributed by atoms with Crippen LogP contribution in [-0.2, 0) is 9.59 Å². The summed E-state index contributed by atoms with van der Waals surface area (Å²) in [4.78, 5) is 39.7. The molecule has 2 saturated carbocycles. The predicted molar refractivity (Wildman–Crippen MR) is 108 cm³/mol. The lowest BCUT2D eigenvalue weighted by Gasteiger charge is -2.19. The van der Waals surface area contributed by atoms with Crippen LogP contribution >= 0.6 is 0 Å². The number of carbonyl (C=O) groups is 3. The summed E-state index contributed by atoms with van der Waals surface area (Å²) < 4.78 is 5.67. The van der Waals surface area contributed by atoms with Gasteiger partial charge in [0.25, 0.3) is 0 Å². The number of aryl methyl sites for hydroxylation is 1. The van der Waals surface area contributed by atoms with E-state index in [1.165, 1.54) is 4.90 Å². The quantitative estimate of drug-likeness (QED) is 0.577. The van der Waals surface area contributed by atoms with Crippen molar-refractivity contribution in [2.24, 2.45) is 23.7 Å². The van der Waals surface area contributed by atoms with Gasteiger partial charge in [-0.25, -0.2) is 4.90 Å². The second-order valence-corrected chi connectivity index (χ2v) is 8.47. The van der Waals surface area contributed by atoms with Crippen molar-refractivity contribution in [2.45, 2.75) is 26.2 Å². The Balaban J connectivity index is 1.31. The number of benzene rings is 2. The summed E-state index contributed by atoms with van der Waals surface area (Å²) in [7, 11) is 0. The van der Waals surface area contributed by atoms with Gasteiger partial charge in [0.15, 0.2) is 12.4 Å². The highest BCUT2D eigenvalue weighted by Gasteiger charge is 2.61. The van der Waals surface area contributed by atoms with Crippen LogP contribution in [0, 0.1) is 30.6 Å². The Labute approximate surface area is 169 Å². The largest absolute Gasteiger partial charge is 0.485 e. The first kappa shape index (κ1) is 18.1. The van der Waals surface area contributed by atoms with Gasteiger partial charge >= 0.3 is 0 Å². The molecule has 0 unspecified atom stereocenters. The monoisotopic (exact) mass is 389 g/mol. The van der Waals surface area contributed by atoms with Crippen LogP contribution in [0.15, 0.2) is 48.5 Å². The second-order valence-electron chi connectivity index (χ2n) is 8.47. The fourth-order valence-electron chi connectivity index (χ4n) is 5.35. The fourth-order valence-corrected chi connectivity index (χ4v) is 5.35. The van der Waals surface area contributed by atoms with Crippen LogP contribution in [-0.4, -0.2) is 24.2 Å². The molecular formula is C24H23NO4. The number of imide groups is 1. The minimum Gasteiger partial charge on any atom is -0.485 e. The van der Waals surface area contributed by atoms with Crippen molar-refractivity contribution in [3.8, 4) is 5.75 Å². The molecular weight excluding hydrogens is 366 g/mol. The van der Waals surface area contributed by atoms with Crippen molar-refractivity contribution in [1.29, 1.82) is 0 Å². The maximum atomic E-state index is 13.0. The average molecular weight is 389 g/mol. The zero-order chi connectivity index (χ0) is 20.1. The molecule has 3 aliphatic rings. The molecule has 5 nitrogen and oxygen atoms in total. The van der Waals surface area contributed by atoms with E-state index in [-0.39, 0.29) is 36.0 Å². The highest BCUT2D eigenvalue weighted by Crippen LogP contribution is 2.56. The van der Waals surface area contributed by atoms with Gasteiger partial charge in [-0.05, 0) is 50.2 Å². The van der Waals surface area contributed by atoms with Crippen LogP contribution in [0.25, 0.3) is 0 Å². The van der Waals surface area contributed by atoms with Crippen molar-refractivity contribution in [3.63, 3.8) is 0 Å². The number of nitrogens with zero attached hydrogens (tertiary/aromatic N) is 1. The minimum atomic E-state index is -0.145. The van der Waals surface area contributed by atoms with Crippen molar-refractivity contribution >= 4 is 23.3 Å². The number of hydrogen-bond acceptors (Lipinski definition) is 4. The first-order chi connectivity index (χ1) is 14.0. The highest BCUT2D eigenvalue weighted by atomic mass is 16.5. The molecule has 1 saturated heterocycles. The molecule has 2 bridgehead atoms. The number of rotatable bonds is 5. The van der Waals surface area contributed by atoms with Gasteiger partial charge < -0.3 is 4.74 Å². The zero-order valence-corrected chi connectivity index (χ0v) is 16.3. The number of fused-ring (bicyclic) bond motifs is 5. The number of ketones is 1. The topological polar surface area (TPSA) is 63.7 Å². The van der Waals surface area contributed by atoms with E-state index in [2.05, 4.69) is 0 Å². The standard InChI is InChI=1S/C24H23NO4/c1-14-5-7-15(8-6-14)20(26)13-29-19-4-2-3-18(12-19)25-23(27)21-16-9-10-17(11-16)22(21)24(25)28/h2-8,12,16-17,21-22H,9-11,13H2,1H3/t16-,17+,21+,22-. The highest BCUT2D eigenvalue weighted by molar-refractivity contribution is 6.22. The molecule has 3 fully saturated rings. The third-order valence-corrected chi connectivity index (χ3v) is 6.75. The van der Waals surface area contributed by atoms with E-state index in [4.69, 9.17) is 4.74 Å². The molecule has 148 valence electrons. The molecule has 4 atom stereocenters. The summed E-state index contributed by atoms with van der Waals surface area (Å²) in [5, 5.41) is 0. The zero-order valence-electron chi connectivity index (χ0n) is 16.3. The normalized spacial score (nSPS) is 27.4. The number of anilines is 1. The molecule has 5 heteroatoms. The molecule has 1 aliphatic heterocycles. The SMILES string of the molecule is Cc1ccc(C(=O)COc2cccc(N3C(=O)[C@@H]4[C@H]5CC[C@H](C5)[C@@H]4C3=O)c2)cc1. The summed E-state index contributed by atoms with van der Waals surface area (Å²) in [5.41, 5.74) is 2.22. The van der Waals surface area contributed by atoms with E-state index in [0.717, 1.165) is 24.8 Å². The first-order valence-corrected chi connectivity index (χ1v) is 10.2. The summed E-state index contributed by atoms with van der Waals surface area (Å²) in [5.74, 6) is 0.650. The van der Waals surface area contributed by atoms with Gasteiger partial charge in [-0.3, -0.25) is 14.4 Å². The Bertz CT molecular complexity index is 968. The van der Waals surface area contributed by atoms with Crippen LogP contribution in [0.1, 0.15) is 35.2 Å². The fraction of sp³-hybridized carbons (Fsp3) is 0.375. The molecule has 0 N–H and O–H groups in total. The molecule has 0 spiro atoms. The van der Waals surface area contributed by atoms with E-state index < -0.39 is 0 Å². The Morgan fingerprint density at radius 3 is 2.31 bits per heavy atom. The number of ether oxygens (including phenoxy) is 1. The Morgan fingerprint density at radius 2 is 1.66 bits per heavy atom. The maximum Gasteiger partial charge on any atom is 0.237 e. The van der Waals surface area contributed by atoms with Crippen LogP contribution in [0.2, 0.25) is 0 Å². The van der Waals surface area contributed by atoms with Crippen molar-refractivity contribution in [3.05, 3.63) is 59.7 Å². The molecule has 2 aromatic rings. The van der Waals surface area contributed by atoms with Gasteiger partial charge in [0.2, 0.25) is 11.8 Å². The van der Waals surface area contributed by atoms with Crippen molar-refractivity contribution in [1.82, 2.24) is 0 Å². The molecule has 1 heterocycles. The lowest BCUT2D eigenvalue weighted by Crippen LogP contribution is -2.32. The molecule has 2 aliphatic carbocycles. The van der Waals surface area contributed by atoms with E-state index in [1.807, 2.05) is 19.1 Å². The van der Waals surface area contributed by atoms with Gasteiger partial charge in [0.05, 0.1) is 17.5 Å². The molecule has 0 radical (unpaired) electrons. The second kappa shape index (κ2) is 6.83. The Kier molecular flexibility index (Phi) is 4.26. The van der Waals surface area contributed by atoms with Gasteiger partial charge in [-0.15, -0.1) is 0 Å². The Hall–Kier alpha value is -2.95. The van der Waals surface area contributed by atoms with Crippen molar-refractivity contribution in [2.75, 3.05) is 11.5 Å². The number of carbonyl (C=O) groups excluding carboxylic acids is 3. The van der Waals surface area contributed by atoms with Crippen LogP contribution in [0.3, 0.4) is 0 Å². The van der Waals surface area contributed by atoms with Crippen LogP contribution < -0.4 is 9.64 Å². The van der Waals surface area contributed by atoms with Gasteiger partial charge in [0, 0.05) is 11.6 Å².